The van der Waals surface area contributed by atoms with Crippen LogP contribution in [0.3, 0.4) is 0 Å². The number of aromatic amines is 1. The molecule has 0 fully saturated rings. The maximum absolute atomic E-state index is 5.21. The first kappa shape index (κ1) is 14.5. The Hall–Kier alpha value is -3.07. The summed E-state index contributed by atoms with van der Waals surface area (Å²) >= 11 is 0. The summed E-state index contributed by atoms with van der Waals surface area (Å²) in [6.45, 7) is 1.98. The van der Waals surface area contributed by atoms with Crippen LogP contribution in [0.1, 0.15) is 5.82 Å². The van der Waals surface area contributed by atoms with Crippen molar-refractivity contribution in [2.75, 3.05) is 7.11 Å². The molecule has 3 aromatic carbocycles. The van der Waals surface area contributed by atoms with Crippen molar-refractivity contribution in [2.24, 2.45) is 0 Å². The first-order valence-electron chi connectivity index (χ1n) is 7.94. The number of ether oxygens (including phenoxy) is 1. The van der Waals surface area contributed by atoms with Gasteiger partial charge in [0.05, 0.1) is 18.1 Å². The van der Waals surface area contributed by atoms with E-state index in [-0.39, 0.29) is 0 Å². The van der Waals surface area contributed by atoms with Gasteiger partial charge in [0.1, 0.15) is 11.6 Å². The molecule has 0 unspecified atom stereocenters. The maximum atomic E-state index is 5.21. The molecule has 118 valence electrons. The second-order valence-corrected chi connectivity index (χ2v) is 5.86. The quantitative estimate of drug-likeness (QED) is 0.563. The van der Waals surface area contributed by atoms with E-state index in [1.807, 2.05) is 19.1 Å². The number of imidazole rings is 1. The van der Waals surface area contributed by atoms with E-state index >= 15 is 0 Å². The minimum Gasteiger partial charge on any atom is -0.497 e. The number of rotatable bonds is 3. The first-order valence-corrected chi connectivity index (χ1v) is 7.94. The lowest BCUT2D eigenvalue weighted by Gasteiger charge is -2.06. The van der Waals surface area contributed by atoms with Gasteiger partial charge in [0.15, 0.2) is 0 Å². The highest BCUT2D eigenvalue weighted by Gasteiger charge is 2.04. The normalized spacial score (nSPS) is 10.9. The Morgan fingerprint density at radius 2 is 1.29 bits per heavy atom. The largest absolute Gasteiger partial charge is 0.497 e. The minimum absolute atomic E-state index is 0.874. The van der Waals surface area contributed by atoms with Gasteiger partial charge in [-0.05, 0) is 53.4 Å². The minimum atomic E-state index is 0.874. The molecule has 1 heterocycles. The van der Waals surface area contributed by atoms with Crippen molar-refractivity contribution in [2.45, 2.75) is 6.92 Å². The fourth-order valence-electron chi connectivity index (χ4n) is 2.96. The zero-order chi connectivity index (χ0) is 16.5. The Balaban J connectivity index is 1.66. The van der Waals surface area contributed by atoms with E-state index in [1.54, 1.807) is 7.11 Å². The number of H-pyrrole nitrogens is 1. The Bertz CT molecular complexity index is 983. The van der Waals surface area contributed by atoms with E-state index in [0.29, 0.717) is 0 Å². The molecule has 0 aliphatic carbocycles. The van der Waals surface area contributed by atoms with Crippen molar-refractivity contribution in [1.29, 1.82) is 0 Å². The van der Waals surface area contributed by atoms with Crippen LogP contribution in [0, 0.1) is 6.92 Å². The number of aromatic nitrogens is 2. The van der Waals surface area contributed by atoms with Crippen molar-refractivity contribution >= 4 is 11.0 Å². The molecular formula is C21H18N2O. The van der Waals surface area contributed by atoms with Crippen LogP contribution in [0.5, 0.6) is 5.75 Å². The highest BCUT2D eigenvalue weighted by molar-refractivity contribution is 5.82. The summed E-state index contributed by atoms with van der Waals surface area (Å²) in [4.78, 5) is 7.74. The van der Waals surface area contributed by atoms with Crippen LogP contribution in [0.4, 0.5) is 0 Å². The van der Waals surface area contributed by atoms with Crippen LogP contribution in [-0.4, -0.2) is 17.1 Å². The van der Waals surface area contributed by atoms with Crippen LogP contribution in [0.2, 0.25) is 0 Å². The average molecular weight is 314 g/mol. The van der Waals surface area contributed by atoms with E-state index in [9.17, 15) is 0 Å². The number of hydrogen-bond acceptors (Lipinski definition) is 2. The molecule has 3 nitrogen and oxygen atoms in total. The molecule has 0 aliphatic rings. The lowest BCUT2D eigenvalue weighted by molar-refractivity contribution is 0.415. The third-order valence-corrected chi connectivity index (χ3v) is 4.24. The van der Waals surface area contributed by atoms with Crippen molar-refractivity contribution in [3.05, 3.63) is 72.6 Å². The van der Waals surface area contributed by atoms with Gasteiger partial charge in [-0.2, -0.15) is 0 Å². The molecule has 0 radical (unpaired) electrons. The predicted octanol–water partition coefficient (Wildman–Crippen LogP) is 5.21. The van der Waals surface area contributed by atoms with E-state index < -0.39 is 0 Å². The maximum Gasteiger partial charge on any atom is 0.118 e. The standard InChI is InChI=1S/C21H18N2O/c1-14-22-20-12-9-18(13-21(20)23-14)17-5-3-15(4-6-17)16-7-10-19(24-2)11-8-16/h3-13H,1-2H3,(H,22,23). The molecule has 0 bridgehead atoms. The Kier molecular flexibility index (Phi) is 3.54. The van der Waals surface area contributed by atoms with Gasteiger partial charge in [-0.25, -0.2) is 4.98 Å². The van der Waals surface area contributed by atoms with Crippen molar-refractivity contribution in [3.63, 3.8) is 0 Å². The number of fused-ring (bicyclic) bond motifs is 1. The van der Waals surface area contributed by atoms with Crippen LogP contribution in [0.15, 0.2) is 66.7 Å². The summed E-state index contributed by atoms with van der Waals surface area (Å²) in [6, 6.07) is 23.1. The van der Waals surface area contributed by atoms with Crippen LogP contribution in [0.25, 0.3) is 33.3 Å². The number of benzene rings is 3. The average Bonchev–Trinajstić information content (AvgIpc) is 3.01. The Morgan fingerprint density at radius 3 is 1.92 bits per heavy atom. The number of aryl methyl sites for hydroxylation is 1. The van der Waals surface area contributed by atoms with Gasteiger partial charge in [0, 0.05) is 0 Å². The van der Waals surface area contributed by atoms with Crippen LogP contribution >= 0.6 is 0 Å². The number of hydrogen-bond donors (Lipinski definition) is 1. The molecule has 24 heavy (non-hydrogen) atoms. The van der Waals surface area contributed by atoms with Crippen molar-refractivity contribution in [3.8, 4) is 28.0 Å². The van der Waals surface area contributed by atoms with Crippen LogP contribution < -0.4 is 4.74 Å². The molecule has 0 aliphatic heterocycles. The van der Waals surface area contributed by atoms with Crippen molar-refractivity contribution in [1.82, 2.24) is 9.97 Å². The van der Waals surface area contributed by atoms with E-state index in [1.165, 1.54) is 22.3 Å². The zero-order valence-electron chi connectivity index (χ0n) is 13.7. The Morgan fingerprint density at radius 1 is 0.750 bits per heavy atom. The molecule has 0 saturated carbocycles. The van der Waals surface area contributed by atoms with Gasteiger partial charge in [0.25, 0.3) is 0 Å². The first-order chi connectivity index (χ1) is 11.7. The van der Waals surface area contributed by atoms with Gasteiger partial charge < -0.3 is 9.72 Å². The van der Waals surface area contributed by atoms with Crippen molar-refractivity contribution < 1.29 is 4.74 Å². The summed E-state index contributed by atoms with van der Waals surface area (Å²) in [5.41, 5.74) is 6.84. The number of nitrogens with zero attached hydrogens (tertiary/aromatic N) is 1. The third kappa shape index (κ3) is 2.65. The highest BCUT2D eigenvalue weighted by Crippen LogP contribution is 2.27. The molecule has 4 rings (SSSR count). The predicted molar refractivity (Wildman–Crippen MR) is 98.3 cm³/mol. The summed E-state index contributed by atoms with van der Waals surface area (Å²) < 4.78 is 5.21. The van der Waals surface area contributed by atoms with E-state index in [4.69, 9.17) is 4.74 Å². The van der Waals surface area contributed by atoms with Gasteiger partial charge in [-0.3, -0.25) is 0 Å². The third-order valence-electron chi connectivity index (χ3n) is 4.24. The molecule has 0 amide bonds. The molecule has 1 aromatic heterocycles. The molecule has 0 saturated heterocycles. The van der Waals surface area contributed by atoms with Gasteiger partial charge in [0.2, 0.25) is 0 Å². The topological polar surface area (TPSA) is 37.9 Å². The van der Waals surface area contributed by atoms with E-state index in [2.05, 4.69) is 64.6 Å². The summed E-state index contributed by atoms with van der Waals surface area (Å²) in [7, 11) is 1.68. The summed E-state index contributed by atoms with van der Waals surface area (Å²) in [6.07, 6.45) is 0. The lowest BCUT2D eigenvalue weighted by Crippen LogP contribution is -1.83. The molecule has 0 spiro atoms. The zero-order valence-corrected chi connectivity index (χ0v) is 13.7. The van der Waals surface area contributed by atoms with Crippen LogP contribution in [-0.2, 0) is 0 Å². The Labute approximate surface area is 140 Å². The molecular weight excluding hydrogens is 296 g/mol. The van der Waals surface area contributed by atoms with Gasteiger partial charge >= 0.3 is 0 Å². The second-order valence-electron chi connectivity index (χ2n) is 5.86. The molecule has 3 heteroatoms. The summed E-state index contributed by atoms with van der Waals surface area (Å²) in [5, 5.41) is 0. The number of nitrogens with one attached hydrogen (secondary N) is 1. The van der Waals surface area contributed by atoms with Gasteiger partial charge in [-0.15, -0.1) is 0 Å². The lowest BCUT2D eigenvalue weighted by atomic mass is 10.00. The van der Waals surface area contributed by atoms with Gasteiger partial charge in [-0.1, -0.05) is 42.5 Å². The van der Waals surface area contributed by atoms with E-state index in [0.717, 1.165) is 22.6 Å². The molecule has 1 N–H and O–H groups in total. The fourth-order valence-corrected chi connectivity index (χ4v) is 2.96. The summed E-state index contributed by atoms with van der Waals surface area (Å²) in [5.74, 6) is 1.82. The number of methoxy groups -OCH3 is 1. The SMILES string of the molecule is COc1ccc(-c2ccc(-c3ccc4nc(C)[nH]c4c3)cc2)cc1. The smallest absolute Gasteiger partial charge is 0.118 e. The fraction of sp³-hybridized carbons (Fsp3) is 0.0952. The molecule has 4 aromatic rings. The highest BCUT2D eigenvalue weighted by atomic mass is 16.5. The monoisotopic (exact) mass is 314 g/mol. The second kappa shape index (κ2) is 5.85. The molecule has 0 atom stereocenters.